The van der Waals surface area contributed by atoms with E-state index in [0.29, 0.717) is 12.6 Å². The van der Waals surface area contributed by atoms with Crippen molar-refractivity contribution in [2.45, 2.75) is 31.8 Å². The molecule has 1 heterocycles. The van der Waals surface area contributed by atoms with Crippen LogP contribution in [0.5, 0.6) is 0 Å². The maximum Gasteiger partial charge on any atom is 0.0544 e. The summed E-state index contributed by atoms with van der Waals surface area (Å²) in [4.78, 5) is 4.90. The number of para-hydroxylation sites is 1. The van der Waals surface area contributed by atoms with Crippen LogP contribution in [0.4, 0.5) is 5.69 Å². The Bertz CT molecular complexity index is 375. The molecular formula is C15H25N3. The summed E-state index contributed by atoms with van der Waals surface area (Å²) in [7, 11) is 2.19. The lowest BCUT2D eigenvalue weighted by Crippen LogP contribution is -2.54. The summed E-state index contributed by atoms with van der Waals surface area (Å²) in [5.41, 5.74) is 7.45. The molecule has 2 N–H and O–H groups in total. The first-order chi connectivity index (χ1) is 8.54. The predicted octanol–water partition coefficient (Wildman–Crippen LogP) is 1.93. The van der Waals surface area contributed by atoms with E-state index >= 15 is 0 Å². The number of likely N-dealkylation sites (N-methyl/N-ethyl adjacent to an activating group) is 1. The molecule has 0 saturated carbocycles. The van der Waals surface area contributed by atoms with Gasteiger partial charge in [-0.3, -0.25) is 0 Å². The molecule has 0 aliphatic carbocycles. The van der Waals surface area contributed by atoms with E-state index in [0.717, 1.165) is 19.5 Å². The molecule has 0 radical (unpaired) electrons. The van der Waals surface area contributed by atoms with Crippen LogP contribution < -0.4 is 10.6 Å². The van der Waals surface area contributed by atoms with Gasteiger partial charge in [-0.2, -0.15) is 0 Å². The van der Waals surface area contributed by atoms with Gasteiger partial charge in [-0.1, -0.05) is 18.2 Å². The highest BCUT2D eigenvalue weighted by atomic mass is 15.3. The molecule has 2 rings (SSSR count). The summed E-state index contributed by atoms with van der Waals surface area (Å²) in [5.74, 6) is 0. The summed E-state index contributed by atoms with van der Waals surface area (Å²) in [6.07, 6.45) is 1.16. The van der Waals surface area contributed by atoms with Crippen LogP contribution in [0.1, 0.15) is 20.3 Å². The van der Waals surface area contributed by atoms with Crippen molar-refractivity contribution in [1.29, 1.82) is 0 Å². The highest BCUT2D eigenvalue weighted by Crippen LogP contribution is 2.31. The minimum Gasteiger partial charge on any atom is -0.361 e. The summed E-state index contributed by atoms with van der Waals surface area (Å²) < 4.78 is 0. The standard InChI is InChI=1S/C15H25N3/c1-15(2)9-10-17(3)12-14(11-16)18(15)13-7-5-4-6-8-13/h4-8,14H,9-12,16H2,1-3H3. The van der Waals surface area contributed by atoms with Crippen LogP contribution in [0.2, 0.25) is 0 Å². The number of anilines is 1. The summed E-state index contributed by atoms with van der Waals surface area (Å²) in [5, 5.41) is 0. The molecule has 1 aliphatic heterocycles. The van der Waals surface area contributed by atoms with E-state index in [1.165, 1.54) is 5.69 Å². The largest absolute Gasteiger partial charge is 0.361 e. The zero-order valence-corrected chi connectivity index (χ0v) is 11.8. The Kier molecular flexibility index (Phi) is 3.93. The lowest BCUT2D eigenvalue weighted by Gasteiger charge is -2.43. The van der Waals surface area contributed by atoms with Crippen LogP contribution in [0, 0.1) is 0 Å². The van der Waals surface area contributed by atoms with Crippen molar-refractivity contribution in [3.05, 3.63) is 30.3 Å². The number of nitrogens with zero attached hydrogens (tertiary/aromatic N) is 2. The van der Waals surface area contributed by atoms with Crippen LogP contribution in [-0.4, -0.2) is 43.2 Å². The zero-order valence-electron chi connectivity index (χ0n) is 11.8. The van der Waals surface area contributed by atoms with Crippen LogP contribution in [0.25, 0.3) is 0 Å². The molecule has 1 aromatic rings. The Morgan fingerprint density at radius 3 is 2.56 bits per heavy atom. The quantitative estimate of drug-likeness (QED) is 0.867. The fourth-order valence-electron chi connectivity index (χ4n) is 2.94. The van der Waals surface area contributed by atoms with Gasteiger partial charge in [0.1, 0.15) is 0 Å². The van der Waals surface area contributed by atoms with Gasteiger partial charge < -0.3 is 15.5 Å². The summed E-state index contributed by atoms with van der Waals surface area (Å²) >= 11 is 0. The Balaban J connectivity index is 2.37. The minimum atomic E-state index is 0.149. The molecule has 1 aromatic carbocycles. The number of hydrogen-bond acceptors (Lipinski definition) is 3. The maximum absolute atomic E-state index is 6.02. The van der Waals surface area contributed by atoms with Gasteiger partial charge in [0.15, 0.2) is 0 Å². The predicted molar refractivity (Wildman–Crippen MR) is 78.0 cm³/mol. The second-order valence-electron chi connectivity index (χ2n) is 5.92. The second kappa shape index (κ2) is 5.29. The van der Waals surface area contributed by atoms with Crippen molar-refractivity contribution in [1.82, 2.24) is 4.90 Å². The van der Waals surface area contributed by atoms with E-state index in [9.17, 15) is 0 Å². The molecule has 1 fully saturated rings. The third-order valence-electron chi connectivity index (χ3n) is 3.95. The monoisotopic (exact) mass is 247 g/mol. The first-order valence-corrected chi connectivity index (χ1v) is 6.77. The molecule has 0 bridgehead atoms. The van der Waals surface area contributed by atoms with Crippen molar-refractivity contribution in [3.63, 3.8) is 0 Å². The van der Waals surface area contributed by atoms with Crippen LogP contribution in [0.3, 0.4) is 0 Å². The molecular weight excluding hydrogens is 222 g/mol. The van der Waals surface area contributed by atoms with Crippen LogP contribution in [0.15, 0.2) is 30.3 Å². The molecule has 1 unspecified atom stereocenters. The highest BCUT2D eigenvalue weighted by Gasteiger charge is 2.35. The number of nitrogens with two attached hydrogens (primary N) is 1. The van der Waals surface area contributed by atoms with E-state index in [4.69, 9.17) is 5.73 Å². The van der Waals surface area contributed by atoms with Gasteiger partial charge in [-0.15, -0.1) is 0 Å². The van der Waals surface area contributed by atoms with E-state index in [-0.39, 0.29) is 5.54 Å². The average Bonchev–Trinajstić information content (AvgIpc) is 2.47. The van der Waals surface area contributed by atoms with Crippen LogP contribution in [-0.2, 0) is 0 Å². The van der Waals surface area contributed by atoms with Crippen molar-refractivity contribution >= 4 is 5.69 Å². The molecule has 100 valence electrons. The van der Waals surface area contributed by atoms with E-state index < -0.39 is 0 Å². The molecule has 0 aromatic heterocycles. The van der Waals surface area contributed by atoms with Gasteiger partial charge in [0.25, 0.3) is 0 Å². The van der Waals surface area contributed by atoms with Crippen molar-refractivity contribution < 1.29 is 0 Å². The fourth-order valence-corrected chi connectivity index (χ4v) is 2.94. The number of hydrogen-bond donors (Lipinski definition) is 1. The molecule has 0 amide bonds. The Labute approximate surface area is 111 Å². The summed E-state index contributed by atoms with van der Waals surface area (Å²) in [6.45, 7) is 7.51. The number of rotatable bonds is 2. The molecule has 1 atom stereocenters. The van der Waals surface area contributed by atoms with Crippen molar-refractivity contribution in [2.24, 2.45) is 5.73 Å². The Morgan fingerprint density at radius 1 is 1.28 bits per heavy atom. The zero-order chi connectivity index (χ0) is 13.2. The SMILES string of the molecule is CN1CCC(C)(C)N(c2ccccc2)C(CN)C1. The van der Waals surface area contributed by atoms with Gasteiger partial charge in [-0.05, 0) is 39.4 Å². The molecule has 3 nitrogen and oxygen atoms in total. The third kappa shape index (κ3) is 2.68. The van der Waals surface area contributed by atoms with Gasteiger partial charge in [0.2, 0.25) is 0 Å². The molecule has 3 heteroatoms. The minimum absolute atomic E-state index is 0.149. The van der Waals surface area contributed by atoms with Gasteiger partial charge in [0, 0.05) is 30.9 Å². The highest BCUT2D eigenvalue weighted by molar-refractivity contribution is 5.50. The van der Waals surface area contributed by atoms with Crippen molar-refractivity contribution in [2.75, 3.05) is 31.6 Å². The third-order valence-corrected chi connectivity index (χ3v) is 3.95. The lowest BCUT2D eigenvalue weighted by atomic mass is 9.95. The van der Waals surface area contributed by atoms with E-state index in [1.54, 1.807) is 0 Å². The van der Waals surface area contributed by atoms with Gasteiger partial charge >= 0.3 is 0 Å². The average molecular weight is 247 g/mol. The fraction of sp³-hybridized carbons (Fsp3) is 0.600. The molecule has 1 aliphatic rings. The Morgan fingerprint density at radius 2 is 1.94 bits per heavy atom. The van der Waals surface area contributed by atoms with Gasteiger partial charge in [-0.25, -0.2) is 0 Å². The first-order valence-electron chi connectivity index (χ1n) is 6.77. The summed E-state index contributed by atoms with van der Waals surface area (Å²) in [6, 6.07) is 11.0. The smallest absolute Gasteiger partial charge is 0.0544 e. The number of benzene rings is 1. The van der Waals surface area contributed by atoms with E-state index in [2.05, 4.69) is 61.0 Å². The van der Waals surface area contributed by atoms with Crippen LogP contribution >= 0.6 is 0 Å². The molecule has 0 spiro atoms. The van der Waals surface area contributed by atoms with Gasteiger partial charge in [0.05, 0.1) is 6.04 Å². The first kappa shape index (κ1) is 13.4. The normalized spacial score (nSPS) is 24.9. The molecule has 18 heavy (non-hydrogen) atoms. The van der Waals surface area contributed by atoms with E-state index in [1.807, 2.05) is 0 Å². The lowest BCUT2D eigenvalue weighted by molar-refractivity contribution is 0.329. The maximum atomic E-state index is 6.02. The Hall–Kier alpha value is -1.06. The second-order valence-corrected chi connectivity index (χ2v) is 5.92. The molecule has 1 saturated heterocycles. The topological polar surface area (TPSA) is 32.5 Å². The van der Waals surface area contributed by atoms with Crippen molar-refractivity contribution in [3.8, 4) is 0 Å².